The second-order valence-electron chi connectivity index (χ2n) is 19.2. The molecule has 0 saturated heterocycles. The summed E-state index contributed by atoms with van der Waals surface area (Å²) >= 11 is 0. The Bertz CT molecular complexity index is 1330. The fourth-order valence-corrected chi connectivity index (χ4v) is 8.02. The number of carbonyl (C=O) groups is 3. The highest BCUT2D eigenvalue weighted by Gasteiger charge is 2.19. The van der Waals surface area contributed by atoms with Gasteiger partial charge in [0.2, 0.25) is 0 Å². The van der Waals surface area contributed by atoms with Crippen molar-refractivity contribution in [1.29, 1.82) is 0 Å². The molecule has 0 fully saturated rings. The van der Waals surface area contributed by atoms with Crippen molar-refractivity contribution >= 4 is 17.9 Å². The van der Waals surface area contributed by atoms with Gasteiger partial charge in [0.05, 0.1) is 0 Å². The van der Waals surface area contributed by atoms with Gasteiger partial charge in [0.1, 0.15) is 13.2 Å². The lowest BCUT2D eigenvalue weighted by Gasteiger charge is -2.18. The van der Waals surface area contributed by atoms with E-state index >= 15 is 0 Å². The van der Waals surface area contributed by atoms with Gasteiger partial charge in [-0.25, -0.2) is 0 Å². The fourth-order valence-electron chi connectivity index (χ4n) is 8.02. The smallest absolute Gasteiger partial charge is 0.306 e. The van der Waals surface area contributed by atoms with Crippen LogP contribution in [0.1, 0.15) is 278 Å². The van der Waals surface area contributed by atoms with E-state index in [-0.39, 0.29) is 31.1 Å². The molecule has 69 heavy (non-hydrogen) atoms. The number of unbranched alkanes of at least 4 members (excludes halogenated alkanes) is 27. The first kappa shape index (κ1) is 65.6. The summed E-state index contributed by atoms with van der Waals surface area (Å²) in [4.78, 5) is 38.0. The molecule has 1 atom stereocenters. The third kappa shape index (κ3) is 55.4. The average molecular weight is 962 g/mol. The van der Waals surface area contributed by atoms with E-state index in [1.807, 2.05) is 0 Å². The minimum atomic E-state index is -0.782. The number of ether oxygens (including phenoxy) is 3. The Balaban J connectivity index is 4.22. The van der Waals surface area contributed by atoms with Crippen molar-refractivity contribution in [3.05, 3.63) is 85.1 Å². The third-order valence-electron chi connectivity index (χ3n) is 12.4. The number of carbonyl (C=O) groups excluding carboxylic acids is 3. The van der Waals surface area contributed by atoms with Gasteiger partial charge in [-0.3, -0.25) is 14.4 Å². The van der Waals surface area contributed by atoms with Gasteiger partial charge in [0.25, 0.3) is 0 Å². The van der Waals surface area contributed by atoms with Gasteiger partial charge < -0.3 is 14.2 Å². The molecule has 0 aromatic heterocycles. The number of hydrogen-bond acceptors (Lipinski definition) is 6. The van der Waals surface area contributed by atoms with Crippen molar-refractivity contribution in [2.24, 2.45) is 0 Å². The van der Waals surface area contributed by atoms with E-state index in [1.54, 1.807) is 0 Å². The maximum atomic E-state index is 12.8. The van der Waals surface area contributed by atoms with Crippen LogP contribution in [0.25, 0.3) is 0 Å². The van der Waals surface area contributed by atoms with Crippen molar-refractivity contribution < 1.29 is 28.6 Å². The quantitative estimate of drug-likeness (QED) is 0.0262. The third-order valence-corrected chi connectivity index (χ3v) is 12.4. The molecule has 396 valence electrons. The molecule has 0 rings (SSSR count). The molecule has 0 aliphatic rings. The Hall–Kier alpha value is -3.41. The highest BCUT2D eigenvalue weighted by Crippen LogP contribution is 2.15. The SMILES string of the molecule is CC/C=C\C/C=C\C/C=C\C/C=C\C/C=C\CCCCCCCCCCCCCC(=O)OCC(COC(=O)CCCCCCCCCCCC)OC(=O)CCCCCCC/C=C\C/C=C\CCCC. The molecule has 0 saturated carbocycles. The summed E-state index contributed by atoms with van der Waals surface area (Å²) in [5.41, 5.74) is 0. The summed E-state index contributed by atoms with van der Waals surface area (Å²) in [5, 5.41) is 0. The zero-order chi connectivity index (χ0) is 50.0. The molecular weight excluding hydrogens is 853 g/mol. The van der Waals surface area contributed by atoms with Crippen molar-refractivity contribution in [3.63, 3.8) is 0 Å². The standard InChI is InChI=1S/C63H108O6/c1-4-7-10-13-16-19-22-24-26-27-28-29-30-31-32-33-34-35-36-37-38-40-41-44-47-50-53-56-62(65)68-59-60(58-67-61(64)55-52-49-46-43-21-18-15-12-9-6-3)69-63(66)57-54-51-48-45-42-39-25-23-20-17-14-11-8-5-2/h7,10,14,16-17,19,23-26,28-29,31-32,60H,4-6,8-9,11-13,15,18,20-22,27,30,33-59H2,1-3H3/b10-7-,17-14-,19-16-,25-23-,26-24-,29-28-,32-31-. The first-order valence-corrected chi connectivity index (χ1v) is 29.1. The van der Waals surface area contributed by atoms with Crippen molar-refractivity contribution in [2.75, 3.05) is 13.2 Å². The number of allylic oxidation sites excluding steroid dienone is 14. The molecule has 0 spiro atoms. The predicted octanol–water partition coefficient (Wildman–Crippen LogP) is 19.5. The first-order valence-electron chi connectivity index (χ1n) is 29.1. The van der Waals surface area contributed by atoms with Crippen LogP contribution in [0.4, 0.5) is 0 Å². The van der Waals surface area contributed by atoms with E-state index in [0.717, 1.165) is 116 Å². The summed E-state index contributed by atoms with van der Waals surface area (Å²) in [6.07, 6.45) is 74.4. The molecular formula is C63H108O6. The van der Waals surface area contributed by atoms with E-state index in [9.17, 15) is 14.4 Å². The normalized spacial score (nSPS) is 12.7. The second kappa shape index (κ2) is 57.2. The van der Waals surface area contributed by atoms with E-state index in [1.165, 1.54) is 122 Å². The lowest BCUT2D eigenvalue weighted by atomic mass is 10.0. The van der Waals surface area contributed by atoms with Crippen LogP contribution >= 0.6 is 0 Å². The largest absolute Gasteiger partial charge is 0.462 e. The highest BCUT2D eigenvalue weighted by atomic mass is 16.6. The number of esters is 3. The van der Waals surface area contributed by atoms with Gasteiger partial charge in [0.15, 0.2) is 6.10 Å². The van der Waals surface area contributed by atoms with Crippen LogP contribution in [0.5, 0.6) is 0 Å². The van der Waals surface area contributed by atoms with Crippen LogP contribution in [-0.4, -0.2) is 37.2 Å². The lowest BCUT2D eigenvalue weighted by molar-refractivity contribution is -0.167. The molecule has 0 aliphatic heterocycles. The molecule has 0 amide bonds. The molecule has 0 aliphatic carbocycles. The van der Waals surface area contributed by atoms with Gasteiger partial charge >= 0.3 is 17.9 Å². The summed E-state index contributed by atoms with van der Waals surface area (Å²) in [7, 11) is 0. The van der Waals surface area contributed by atoms with E-state index in [0.29, 0.717) is 19.3 Å². The predicted molar refractivity (Wildman–Crippen MR) is 297 cm³/mol. The van der Waals surface area contributed by atoms with Gasteiger partial charge in [-0.05, 0) is 89.9 Å². The van der Waals surface area contributed by atoms with Gasteiger partial charge in [-0.15, -0.1) is 0 Å². The van der Waals surface area contributed by atoms with Crippen LogP contribution in [0.2, 0.25) is 0 Å². The highest BCUT2D eigenvalue weighted by molar-refractivity contribution is 5.71. The molecule has 0 bridgehead atoms. The summed E-state index contributed by atoms with van der Waals surface area (Å²) in [5.74, 6) is -0.894. The molecule has 0 radical (unpaired) electrons. The Morgan fingerprint density at radius 3 is 0.928 bits per heavy atom. The maximum Gasteiger partial charge on any atom is 0.306 e. The Morgan fingerprint density at radius 2 is 0.580 bits per heavy atom. The monoisotopic (exact) mass is 961 g/mol. The van der Waals surface area contributed by atoms with Crippen LogP contribution in [0.3, 0.4) is 0 Å². The van der Waals surface area contributed by atoms with Crippen molar-refractivity contribution in [3.8, 4) is 0 Å². The number of hydrogen-bond donors (Lipinski definition) is 0. The van der Waals surface area contributed by atoms with Crippen LogP contribution < -0.4 is 0 Å². The van der Waals surface area contributed by atoms with E-state index < -0.39 is 6.10 Å². The van der Waals surface area contributed by atoms with E-state index in [4.69, 9.17) is 14.2 Å². The zero-order valence-electron chi connectivity index (χ0n) is 45.3. The molecule has 6 nitrogen and oxygen atoms in total. The average Bonchev–Trinajstić information content (AvgIpc) is 3.35. The minimum Gasteiger partial charge on any atom is -0.462 e. The molecule has 1 unspecified atom stereocenters. The van der Waals surface area contributed by atoms with Gasteiger partial charge in [-0.1, -0.05) is 254 Å². The fraction of sp³-hybridized carbons (Fsp3) is 0.730. The minimum absolute atomic E-state index is 0.0806. The molecule has 0 heterocycles. The van der Waals surface area contributed by atoms with Crippen molar-refractivity contribution in [1.82, 2.24) is 0 Å². The Morgan fingerprint density at radius 1 is 0.304 bits per heavy atom. The summed E-state index contributed by atoms with van der Waals surface area (Å²) in [6.45, 7) is 6.47. The van der Waals surface area contributed by atoms with Crippen LogP contribution in [-0.2, 0) is 28.6 Å². The van der Waals surface area contributed by atoms with Crippen LogP contribution in [0.15, 0.2) is 85.1 Å². The Kier molecular flexibility index (Phi) is 54.3. The summed E-state index contributed by atoms with van der Waals surface area (Å²) in [6, 6.07) is 0. The Labute approximate surface area is 426 Å². The van der Waals surface area contributed by atoms with E-state index in [2.05, 4.69) is 106 Å². The summed E-state index contributed by atoms with van der Waals surface area (Å²) < 4.78 is 16.8. The first-order chi connectivity index (χ1) is 34.0. The molecule has 6 heteroatoms. The molecule has 0 aromatic rings. The van der Waals surface area contributed by atoms with Crippen LogP contribution in [0, 0.1) is 0 Å². The lowest BCUT2D eigenvalue weighted by Crippen LogP contribution is -2.30. The second-order valence-corrected chi connectivity index (χ2v) is 19.2. The van der Waals surface area contributed by atoms with Gasteiger partial charge in [-0.2, -0.15) is 0 Å². The zero-order valence-corrected chi connectivity index (χ0v) is 45.3. The van der Waals surface area contributed by atoms with Crippen molar-refractivity contribution in [2.45, 2.75) is 284 Å². The number of rotatable bonds is 52. The molecule has 0 N–H and O–H groups in total. The maximum absolute atomic E-state index is 12.8. The molecule has 0 aromatic carbocycles. The topological polar surface area (TPSA) is 78.9 Å². The van der Waals surface area contributed by atoms with Gasteiger partial charge in [0, 0.05) is 19.3 Å².